The van der Waals surface area contributed by atoms with Crippen molar-refractivity contribution in [2.24, 2.45) is 5.73 Å². The Kier molecular flexibility index (Phi) is 5.85. The normalized spacial score (nSPS) is 15.5. The highest BCUT2D eigenvalue weighted by Gasteiger charge is 2.33. The van der Waals surface area contributed by atoms with Crippen LogP contribution in [0.2, 0.25) is 5.02 Å². The third kappa shape index (κ3) is 4.29. The molecule has 1 aliphatic rings. The Morgan fingerprint density at radius 2 is 1.97 bits per heavy atom. The van der Waals surface area contributed by atoms with Gasteiger partial charge in [-0.15, -0.1) is 0 Å². The summed E-state index contributed by atoms with van der Waals surface area (Å²) in [7, 11) is 0. The molecule has 1 heterocycles. The monoisotopic (exact) mass is 445 g/mol. The molecule has 2 N–H and O–H groups in total. The fourth-order valence-electron chi connectivity index (χ4n) is 3.85. The Hall–Kier alpha value is -3.82. The molecule has 0 saturated carbocycles. The molecule has 4 rings (SSSR count). The molecule has 32 heavy (non-hydrogen) atoms. The van der Waals surface area contributed by atoms with Gasteiger partial charge in [0.2, 0.25) is 11.8 Å². The van der Waals surface area contributed by atoms with E-state index in [0.717, 1.165) is 11.1 Å². The minimum atomic E-state index is -0.546. The first kappa shape index (κ1) is 21.4. The van der Waals surface area contributed by atoms with Gasteiger partial charge in [0.25, 0.3) is 0 Å². The number of nitriles is 1. The van der Waals surface area contributed by atoms with E-state index < -0.39 is 5.91 Å². The van der Waals surface area contributed by atoms with E-state index in [1.54, 1.807) is 53.4 Å². The number of aryl methyl sites for hydroxylation is 1. The van der Waals surface area contributed by atoms with Gasteiger partial charge in [-0.3, -0.25) is 9.59 Å². The van der Waals surface area contributed by atoms with E-state index in [1.807, 2.05) is 19.1 Å². The summed E-state index contributed by atoms with van der Waals surface area (Å²) in [5.74, 6) is 0.180. The Labute approximate surface area is 190 Å². The van der Waals surface area contributed by atoms with Crippen molar-refractivity contribution >= 4 is 29.1 Å². The Bertz CT molecular complexity index is 1270. The van der Waals surface area contributed by atoms with Crippen LogP contribution in [0.4, 0.5) is 5.69 Å². The standard InChI is InChI=1S/C25H20ClN3O3/c1-15-5-6-17(13-27)22(9-15)32-23-12-19(26)7-8-21(23)18-11-24(30)29(14-18)20-4-2-3-16(10-20)25(28)31/h2-10,12,18H,11,14H2,1H3,(H2,28,31). The maximum Gasteiger partial charge on any atom is 0.248 e. The molecule has 3 aromatic rings. The minimum Gasteiger partial charge on any atom is -0.456 e. The molecule has 2 amide bonds. The average Bonchev–Trinajstić information content (AvgIpc) is 3.15. The number of hydrogen-bond donors (Lipinski definition) is 1. The highest BCUT2D eigenvalue weighted by molar-refractivity contribution is 6.30. The fraction of sp³-hybridized carbons (Fsp3) is 0.160. The summed E-state index contributed by atoms with van der Waals surface area (Å²) >= 11 is 6.23. The van der Waals surface area contributed by atoms with Crippen molar-refractivity contribution in [2.45, 2.75) is 19.3 Å². The lowest BCUT2D eigenvalue weighted by atomic mass is 9.97. The number of amides is 2. The largest absolute Gasteiger partial charge is 0.456 e. The van der Waals surface area contributed by atoms with Gasteiger partial charge in [0.15, 0.2) is 0 Å². The molecule has 0 aliphatic carbocycles. The van der Waals surface area contributed by atoms with Crippen molar-refractivity contribution in [2.75, 3.05) is 11.4 Å². The predicted octanol–water partition coefficient (Wildman–Crippen LogP) is 4.93. The Morgan fingerprint density at radius 1 is 1.16 bits per heavy atom. The van der Waals surface area contributed by atoms with Gasteiger partial charge in [0, 0.05) is 40.7 Å². The maximum absolute atomic E-state index is 12.8. The molecule has 0 radical (unpaired) electrons. The zero-order chi connectivity index (χ0) is 22.8. The molecule has 1 saturated heterocycles. The maximum atomic E-state index is 12.8. The van der Waals surface area contributed by atoms with E-state index in [9.17, 15) is 14.9 Å². The lowest BCUT2D eigenvalue weighted by Crippen LogP contribution is -2.24. The highest BCUT2D eigenvalue weighted by atomic mass is 35.5. The molecule has 1 fully saturated rings. The van der Waals surface area contributed by atoms with Crippen LogP contribution in [-0.4, -0.2) is 18.4 Å². The third-order valence-corrected chi connectivity index (χ3v) is 5.70. The van der Waals surface area contributed by atoms with Gasteiger partial charge in [0.1, 0.15) is 17.6 Å². The number of anilines is 1. The van der Waals surface area contributed by atoms with E-state index in [2.05, 4.69) is 6.07 Å². The number of carbonyl (C=O) groups excluding carboxylic acids is 2. The van der Waals surface area contributed by atoms with Crippen LogP contribution in [0.1, 0.15) is 39.4 Å². The van der Waals surface area contributed by atoms with Crippen LogP contribution in [-0.2, 0) is 4.79 Å². The first-order chi connectivity index (χ1) is 15.4. The van der Waals surface area contributed by atoms with E-state index in [1.165, 1.54) is 0 Å². The average molecular weight is 446 g/mol. The van der Waals surface area contributed by atoms with Crippen LogP contribution in [0.3, 0.4) is 0 Å². The summed E-state index contributed by atoms with van der Waals surface area (Å²) < 4.78 is 6.13. The summed E-state index contributed by atoms with van der Waals surface area (Å²) in [6.07, 6.45) is 0.276. The molecule has 0 aromatic heterocycles. The van der Waals surface area contributed by atoms with E-state index in [4.69, 9.17) is 22.1 Å². The van der Waals surface area contributed by atoms with Gasteiger partial charge in [-0.25, -0.2) is 0 Å². The van der Waals surface area contributed by atoms with Crippen molar-refractivity contribution in [1.82, 2.24) is 0 Å². The number of nitrogens with zero attached hydrogens (tertiary/aromatic N) is 2. The van der Waals surface area contributed by atoms with E-state index in [-0.39, 0.29) is 18.2 Å². The van der Waals surface area contributed by atoms with Gasteiger partial charge in [0.05, 0.1) is 5.56 Å². The van der Waals surface area contributed by atoms with Crippen molar-refractivity contribution < 1.29 is 14.3 Å². The van der Waals surface area contributed by atoms with Crippen molar-refractivity contribution in [3.8, 4) is 17.6 Å². The molecule has 3 aromatic carbocycles. The molecule has 0 bridgehead atoms. The Balaban J connectivity index is 1.66. The van der Waals surface area contributed by atoms with Crippen molar-refractivity contribution in [3.05, 3.63) is 87.9 Å². The zero-order valence-corrected chi connectivity index (χ0v) is 18.1. The number of benzene rings is 3. The number of primary amides is 1. The van der Waals surface area contributed by atoms with Gasteiger partial charge >= 0.3 is 0 Å². The summed E-state index contributed by atoms with van der Waals surface area (Å²) in [5, 5.41) is 9.93. The Morgan fingerprint density at radius 3 is 2.72 bits per heavy atom. The van der Waals surface area contributed by atoms with Crippen LogP contribution in [0, 0.1) is 18.3 Å². The van der Waals surface area contributed by atoms with Gasteiger partial charge in [-0.05, 0) is 55.0 Å². The molecule has 160 valence electrons. The lowest BCUT2D eigenvalue weighted by Gasteiger charge is -2.19. The second-order valence-corrected chi connectivity index (χ2v) is 8.15. The van der Waals surface area contributed by atoms with Crippen LogP contribution < -0.4 is 15.4 Å². The zero-order valence-electron chi connectivity index (χ0n) is 17.3. The molecule has 7 heteroatoms. The van der Waals surface area contributed by atoms with Crippen LogP contribution in [0.5, 0.6) is 11.5 Å². The lowest BCUT2D eigenvalue weighted by molar-refractivity contribution is -0.117. The van der Waals surface area contributed by atoms with Gasteiger partial charge in [-0.1, -0.05) is 29.8 Å². The third-order valence-electron chi connectivity index (χ3n) is 5.46. The molecular formula is C25H20ClN3O3. The first-order valence-electron chi connectivity index (χ1n) is 10.0. The van der Waals surface area contributed by atoms with Crippen molar-refractivity contribution in [1.29, 1.82) is 5.26 Å². The smallest absolute Gasteiger partial charge is 0.248 e. The molecular weight excluding hydrogens is 426 g/mol. The summed E-state index contributed by atoms with van der Waals surface area (Å²) in [6, 6.07) is 19.5. The minimum absolute atomic E-state index is 0.0641. The SMILES string of the molecule is Cc1ccc(C#N)c(Oc2cc(Cl)ccc2C2CC(=O)N(c3cccc(C(N)=O)c3)C2)c1. The number of rotatable bonds is 5. The van der Waals surface area contributed by atoms with Crippen LogP contribution in [0.15, 0.2) is 60.7 Å². The molecule has 6 nitrogen and oxygen atoms in total. The molecule has 1 unspecified atom stereocenters. The van der Waals surface area contributed by atoms with Crippen LogP contribution >= 0.6 is 11.6 Å². The summed E-state index contributed by atoms with van der Waals surface area (Å²) in [6.45, 7) is 2.33. The van der Waals surface area contributed by atoms with Crippen LogP contribution in [0.25, 0.3) is 0 Å². The van der Waals surface area contributed by atoms with Gasteiger partial charge < -0.3 is 15.4 Å². The number of nitrogens with two attached hydrogens (primary N) is 1. The van der Waals surface area contributed by atoms with E-state index in [0.29, 0.717) is 39.9 Å². The van der Waals surface area contributed by atoms with Gasteiger partial charge in [-0.2, -0.15) is 5.26 Å². The highest BCUT2D eigenvalue weighted by Crippen LogP contribution is 2.40. The molecule has 0 spiro atoms. The van der Waals surface area contributed by atoms with Crippen molar-refractivity contribution in [3.63, 3.8) is 0 Å². The second-order valence-electron chi connectivity index (χ2n) is 7.72. The summed E-state index contributed by atoms with van der Waals surface area (Å²) in [4.78, 5) is 26.0. The second kappa shape index (κ2) is 8.74. The molecule has 1 aliphatic heterocycles. The summed E-state index contributed by atoms with van der Waals surface area (Å²) in [5.41, 5.74) is 8.54. The number of carbonyl (C=O) groups is 2. The molecule has 1 atom stereocenters. The predicted molar refractivity (Wildman–Crippen MR) is 122 cm³/mol. The first-order valence-corrected chi connectivity index (χ1v) is 10.4. The fourth-order valence-corrected chi connectivity index (χ4v) is 4.01. The number of hydrogen-bond acceptors (Lipinski definition) is 4. The number of halogens is 1. The van der Waals surface area contributed by atoms with E-state index >= 15 is 0 Å². The quantitative estimate of drug-likeness (QED) is 0.602. The topological polar surface area (TPSA) is 96.4 Å². The number of ether oxygens (including phenoxy) is 1.